The summed E-state index contributed by atoms with van der Waals surface area (Å²) in [4.78, 5) is 28.5. The van der Waals surface area contributed by atoms with Crippen LogP contribution in [0, 0.1) is 5.92 Å². The van der Waals surface area contributed by atoms with E-state index in [1.807, 2.05) is 30.3 Å². The number of piperidine rings is 1. The molecule has 1 aliphatic heterocycles. The minimum Gasteiger partial charge on any atom is -0.435 e. The second-order valence-electron chi connectivity index (χ2n) is 7.27. The van der Waals surface area contributed by atoms with Crippen molar-refractivity contribution in [3.8, 4) is 5.75 Å². The summed E-state index contributed by atoms with van der Waals surface area (Å²) in [5.41, 5.74) is 1.57. The number of amides is 3. The van der Waals surface area contributed by atoms with Crippen LogP contribution in [-0.4, -0.2) is 48.5 Å². The molecule has 0 spiro atoms. The molecule has 0 atom stereocenters. The molecule has 3 rings (SSSR count). The maximum absolute atomic E-state index is 12.8. The molecule has 8 heteroatoms. The molecule has 2 aromatic rings. The number of ether oxygens (including phenoxy) is 1. The van der Waals surface area contributed by atoms with Gasteiger partial charge in [0.15, 0.2) is 0 Å². The summed E-state index contributed by atoms with van der Waals surface area (Å²) in [6, 6.07) is 15.3. The van der Waals surface area contributed by atoms with Crippen molar-refractivity contribution in [2.45, 2.75) is 26.0 Å². The number of hydrogen-bond acceptors (Lipinski definition) is 3. The first-order chi connectivity index (χ1) is 14.4. The first kappa shape index (κ1) is 21.5. The number of alkyl halides is 2. The van der Waals surface area contributed by atoms with Crippen molar-refractivity contribution in [1.29, 1.82) is 0 Å². The van der Waals surface area contributed by atoms with Gasteiger partial charge < -0.3 is 19.9 Å². The van der Waals surface area contributed by atoms with Crippen molar-refractivity contribution in [3.05, 3.63) is 60.2 Å². The van der Waals surface area contributed by atoms with Gasteiger partial charge in [0.2, 0.25) is 5.91 Å². The van der Waals surface area contributed by atoms with Gasteiger partial charge in [-0.3, -0.25) is 4.79 Å². The van der Waals surface area contributed by atoms with Gasteiger partial charge in [-0.15, -0.1) is 0 Å². The third-order valence-corrected chi connectivity index (χ3v) is 5.10. The van der Waals surface area contributed by atoms with E-state index in [4.69, 9.17) is 0 Å². The minimum atomic E-state index is -2.86. The van der Waals surface area contributed by atoms with E-state index in [0.717, 1.165) is 11.3 Å². The number of rotatable bonds is 6. The number of carbonyl (C=O) groups excluding carboxylic acids is 2. The maximum atomic E-state index is 12.8. The summed E-state index contributed by atoms with van der Waals surface area (Å²) in [5, 5.41) is 2.86. The highest BCUT2D eigenvalue weighted by Gasteiger charge is 2.29. The molecule has 30 heavy (non-hydrogen) atoms. The van der Waals surface area contributed by atoms with Gasteiger partial charge in [-0.25, -0.2) is 4.79 Å². The van der Waals surface area contributed by atoms with Crippen LogP contribution in [0.15, 0.2) is 54.6 Å². The zero-order chi connectivity index (χ0) is 21.5. The number of halogens is 2. The fraction of sp³-hybridized carbons (Fsp3) is 0.364. The van der Waals surface area contributed by atoms with Crippen molar-refractivity contribution >= 4 is 17.6 Å². The Morgan fingerprint density at radius 3 is 2.33 bits per heavy atom. The van der Waals surface area contributed by atoms with Crippen molar-refractivity contribution in [2.24, 2.45) is 5.92 Å². The molecular formula is C22H25F2N3O3. The van der Waals surface area contributed by atoms with E-state index in [9.17, 15) is 18.4 Å². The van der Waals surface area contributed by atoms with Crippen LogP contribution in [0.3, 0.4) is 0 Å². The van der Waals surface area contributed by atoms with Gasteiger partial charge in [0, 0.05) is 38.3 Å². The van der Waals surface area contributed by atoms with Crippen molar-refractivity contribution in [3.63, 3.8) is 0 Å². The van der Waals surface area contributed by atoms with Crippen molar-refractivity contribution in [2.75, 3.05) is 25.5 Å². The molecule has 1 N–H and O–H groups in total. The predicted octanol–water partition coefficient (Wildman–Crippen LogP) is 4.19. The number of carbonyl (C=O) groups is 2. The molecule has 1 fully saturated rings. The van der Waals surface area contributed by atoms with Gasteiger partial charge in [0.25, 0.3) is 0 Å². The number of benzene rings is 2. The topological polar surface area (TPSA) is 61.9 Å². The van der Waals surface area contributed by atoms with E-state index < -0.39 is 6.61 Å². The summed E-state index contributed by atoms with van der Waals surface area (Å²) in [6.07, 6.45) is 1.21. The molecule has 1 heterocycles. The van der Waals surface area contributed by atoms with Crippen LogP contribution in [0.4, 0.5) is 19.3 Å². The van der Waals surface area contributed by atoms with Crippen LogP contribution in [-0.2, 0) is 11.3 Å². The third kappa shape index (κ3) is 5.92. The van der Waals surface area contributed by atoms with E-state index in [1.54, 1.807) is 29.0 Å². The van der Waals surface area contributed by atoms with Gasteiger partial charge in [0.1, 0.15) is 5.75 Å². The van der Waals surface area contributed by atoms with Gasteiger partial charge in [-0.2, -0.15) is 8.78 Å². The Bertz CT molecular complexity index is 838. The molecule has 0 saturated carbocycles. The van der Waals surface area contributed by atoms with Crippen LogP contribution in [0.5, 0.6) is 5.75 Å². The molecule has 1 aliphatic rings. The van der Waals surface area contributed by atoms with Gasteiger partial charge in [-0.05, 0) is 42.7 Å². The number of urea groups is 1. The van der Waals surface area contributed by atoms with E-state index in [1.165, 1.54) is 12.1 Å². The lowest BCUT2D eigenvalue weighted by Crippen LogP contribution is -2.44. The Labute approximate surface area is 174 Å². The molecule has 160 valence electrons. The van der Waals surface area contributed by atoms with E-state index in [0.29, 0.717) is 32.5 Å². The quantitative estimate of drug-likeness (QED) is 0.767. The van der Waals surface area contributed by atoms with E-state index in [-0.39, 0.29) is 23.6 Å². The highest BCUT2D eigenvalue weighted by Crippen LogP contribution is 2.22. The van der Waals surface area contributed by atoms with Crippen LogP contribution < -0.4 is 10.1 Å². The van der Waals surface area contributed by atoms with E-state index in [2.05, 4.69) is 10.1 Å². The van der Waals surface area contributed by atoms with Crippen molar-refractivity contribution in [1.82, 2.24) is 9.80 Å². The first-order valence-electron chi connectivity index (χ1n) is 9.82. The lowest BCUT2D eigenvalue weighted by molar-refractivity contribution is -0.136. The number of para-hydroxylation sites is 1. The Kier molecular flexibility index (Phi) is 7.21. The maximum Gasteiger partial charge on any atom is 0.387 e. The number of nitrogens with zero attached hydrogens (tertiary/aromatic N) is 2. The molecule has 6 nitrogen and oxygen atoms in total. The standard InChI is InChI=1S/C22H25F2N3O3/c1-26(15-16-7-9-19(10-8-16)30-21(23)24)20(28)17-11-13-27(14-12-17)22(29)25-18-5-3-2-4-6-18/h2-10,17,21H,11-15H2,1H3,(H,25,29). The van der Waals surface area contributed by atoms with Crippen LogP contribution in [0.1, 0.15) is 18.4 Å². The van der Waals surface area contributed by atoms with Gasteiger partial charge >= 0.3 is 12.6 Å². The Morgan fingerprint density at radius 2 is 1.73 bits per heavy atom. The van der Waals surface area contributed by atoms with Gasteiger partial charge in [-0.1, -0.05) is 30.3 Å². The zero-order valence-electron chi connectivity index (χ0n) is 16.8. The first-order valence-corrected chi connectivity index (χ1v) is 9.82. The van der Waals surface area contributed by atoms with Crippen LogP contribution in [0.2, 0.25) is 0 Å². The molecule has 0 aliphatic carbocycles. The fourth-order valence-electron chi connectivity index (χ4n) is 3.49. The molecule has 1 saturated heterocycles. The normalized spacial score (nSPS) is 14.5. The number of hydrogen-bond donors (Lipinski definition) is 1. The smallest absolute Gasteiger partial charge is 0.387 e. The Hall–Kier alpha value is -3.16. The SMILES string of the molecule is CN(Cc1ccc(OC(F)F)cc1)C(=O)C1CCN(C(=O)Nc2ccccc2)CC1. The lowest BCUT2D eigenvalue weighted by Gasteiger charge is -2.33. The highest BCUT2D eigenvalue weighted by molar-refractivity contribution is 5.89. The number of anilines is 1. The summed E-state index contributed by atoms with van der Waals surface area (Å²) in [7, 11) is 1.72. The Morgan fingerprint density at radius 1 is 1.10 bits per heavy atom. The van der Waals surface area contributed by atoms with Crippen LogP contribution >= 0.6 is 0 Å². The minimum absolute atomic E-state index is 0.0195. The second kappa shape index (κ2) is 10.0. The van der Waals surface area contributed by atoms with Crippen molar-refractivity contribution < 1.29 is 23.1 Å². The number of nitrogens with one attached hydrogen (secondary N) is 1. The second-order valence-corrected chi connectivity index (χ2v) is 7.27. The zero-order valence-corrected chi connectivity index (χ0v) is 16.8. The highest BCUT2D eigenvalue weighted by atomic mass is 19.3. The molecule has 3 amide bonds. The summed E-state index contributed by atoms with van der Waals surface area (Å²) < 4.78 is 28.8. The number of likely N-dealkylation sites (tertiary alicyclic amines) is 1. The molecule has 2 aromatic carbocycles. The summed E-state index contributed by atoms with van der Waals surface area (Å²) in [5.74, 6) is -0.0351. The average Bonchev–Trinajstić information content (AvgIpc) is 2.75. The molecule has 0 bridgehead atoms. The molecule has 0 radical (unpaired) electrons. The van der Waals surface area contributed by atoms with Crippen LogP contribution in [0.25, 0.3) is 0 Å². The summed E-state index contributed by atoms with van der Waals surface area (Å²) >= 11 is 0. The largest absolute Gasteiger partial charge is 0.435 e. The van der Waals surface area contributed by atoms with Gasteiger partial charge in [0.05, 0.1) is 0 Å². The monoisotopic (exact) mass is 417 g/mol. The van der Waals surface area contributed by atoms with E-state index >= 15 is 0 Å². The predicted molar refractivity (Wildman–Crippen MR) is 109 cm³/mol. The summed E-state index contributed by atoms with van der Waals surface area (Å²) in [6.45, 7) is -1.45. The lowest BCUT2D eigenvalue weighted by atomic mass is 9.95. The third-order valence-electron chi connectivity index (χ3n) is 5.10. The fourth-order valence-corrected chi connectivity index (χ4v) is 3.49. The average molecular weight is 417 g/mol. The Balaban J connectivity index is 1.46. The molecule has 0 aromatic heterocycles. The molecular weight excluding hydrogens is 392 g/mol. The molecule has 0 unspecified atom stereocenters.